The number of fused-ring (bicyclic) bond motifs is 3. The first-order valence-electron chi connectivity index (χ1n) is 11.6. The van der Waals surface area contributed by atoms with E-state index < -0.39 is 0 Å². The third kappa shape index (κ3) is 3.66. The summed E-state index contributed by atoms with van der Waals surface area (Å²) in [5.41, 5.74) is 11.3. The van der Waals surface area contributed by atoms with Gasteiger partial charge in [-0.3, -0.25) is 15.2 Å². The van der Waals surface area contributed by atoms with Crippen molar-refractivity contribution >= 4 is 23.6 Å². The third-order valence-corrected chi connectivity index (χ3v) is 6.53. The number of ketones is 1. The molecule has 0 amide bonds. The Morgan fingerprint density at radius 2 is 1.89 bits per heavy atom. The van der Waals surface area contributed by atoms with Gasteiger partial charge < -0.3 is 4.79 Å². The number of aldehydes is 1. The quantitative estimate of drug-likeness (QED) is 0.182. The second kappa shape index (κ2) is 8.45. The molecule has 2 aromatic carbocycles. The number of carbonyl (C=O) groups excluding carboxylic acids is 2. The van der Waals surface area contributed by atoms with Gasteiger partial charge in [-0.25, -0.2) is 9.99 Å². The second-order valence-electron chi connectivity index (χ2n) is 8.77. The summed E-state index contributed by atoms with van der Waals surface area (Å²) in [5, 5.41) is 4.25. The predicted molar refractivity (Wildman–Crippen MR) is 134 cm³/mol. The van der Waals surface area contributed by atoms with Gasteiger partial charge in [0.15, 0.2) is 17.8 Å². The van der Waals surface area contributed by atoms with Gasteiger partial charge in [0.2, 0.25) is 0 Å². The maximum absolute atomic E-state index is 12.2. The lowest BCUT2D eigenvalue weighted by Gasteiger charge is -2.17. The minimum atomic E-state index is -0.270. The molecule has 0 bridgehead atoms. The molecular formula is C28H23N5O2. The van der Waals surface area contributed by atoms with Crippen molar-refractivity contribution in [2.45, 2.75) is 25.9 Å². The molecule has 2 atom stereocenters. The lowest BCUT2D eigenvalue weighted by Crippen LogP contribution is -2.09. The summed E-state index contributed by atoms with van der Waals surface area (Å²) in [4.78, 5) is 32.0. The van der Waals surface area contributed by atoms with Crippen molar-refractivity contribution in [3.63, 3.8) is 0 Å². The van der Waals surface area contributed by atoms with Crippen LogP contribution in [0.25, 0.3) is 11.1 Å². The van der Waals surface area contributed by atoms with Gasteiger partial charge in [0.05, 0.1) is 12.1 Å². The molecule has 6 rings (SSSR count). The molecule has 4 heterocycles. The summed E-state index contributed by atoms with van der Waals surface area (Å²) in [6.07, 6.45) is 4.79. The fraction of sp³-hybridized carbons (Fsp3) is 0.143. The SMILES string of the molecule is Cc1cc(C(=O)CC=O)ncc1-c1cccc(Cc2ccccc2)c1C1N2Nc3cccnc3N12. The zero-order chi connectivity index (χ0) is 23.9. The molecular weight excluding hydrogens is 438 g/mol. The highest BCUT2D eigenvalue weighted by molar-refractivity contribution is 6.01. The summed E-state index contributed by atoms with van der Waals surface area (Å²) < 4.78 is 0. The van der Waals surface area contributed by atoms with Crippen molar-refractivity contribution in [2.24, 2.45) is 0 Å². The van der Waals surface area contributed by atoms with E-state index in [1.807, 2.05) is 25.1 Å². The average molecular weight is 462 g/mol. The van der Waals surface area contributed by atoms with E-state index in [4.69, 9.17) is 0 Å². The number of aryl methyl sites for hydroxylation is 1. The largest absolute Gasteiger partial charge is 0.303 e. The molecule has 1 N–H and O–H groups in total. The van der Waals surface area contributed by atoms with Crippen LogP contribution in [0.3, 0.4) is 0 Å². The Hall–Kier alpha value is -4.36. The Kier molecular flexibility index (Phi) is 5.12. The summed E-state index contributed by atoms with van der Waals surface area (Å²) in [6.45, 7) is 1.98. The van der Waals surface area contributed by atoms with E-state index in [2.05, 4.69) is 68.0 Å². The number of rotatable bonds is 7. The Labute approximate surface area is 203 Å². The molecule has 2 aliphatic rings. The molecule has 1 fully saturated rings. The molecule has 2 aliphatic heterocycles. The molecule has 35 heavy (non-hydrogen) atoms. The number of hydrazine groups is 2. The Morgan fingerprint density at radius 3 is 2.69 bits per heavy atom. The number of aromatic nitrogens is 2. The topological polar surface area (TPSA) is 78.0 Å². The van der Waals surface area contributed by atoms with E-state index in [1.54, 1.807) is 18.5 Å². The van der Waals surface area contributed by atoms with Gasteiger partial charge in [-0.2, -0.15) is 0 Å². The van der Waals surface area contributed by atoms with E-state index in [9.17, 15) is 9.59 Å². The first-order valence-corrected chi connectivity index (χ1v) is 11.6. The average Bonchev–Trinajstić information content (AvgIpc) is 3.44. The maximum Gasteiger partial charge on any atom is 0.188 e. The number of Topliss-reactive ketones (excluding diaryl/α,β-unsaturated/α-hetero) is 1. The standard InChI is InChI=1S/C28H23N5O2/c1-18-15-24(25(35)12-14-34)30-17-22(18)21-10-5-9-20(16-19-7-3-2-4-8-19)26(21)28-32-27-23(31-33(28)32)11-6-13-29-27/h2-11,13-15,17,28,31H,12,16H2,1H3. The van der Waals surface area contributed by atoms with Crippen LogP contribution in [0.1, 0.15) is 45.3 Å². The molecule has 1 saturated heterocycles. The van der Waals surface area contributed by atoms with E-state index in [1.165, 1.54) is 16.7 Å². The van der Waals surface area contributed by atoms with Crippen molar-refractivity contribution in [1.29, 1.82) is 0 Å². The molecule has 2 aromatic heterocycles. The first-order chi connectivity index (χ1) is 17.2. The van der Waals surface area contributed by atoms with Crippen LogP contribution < -0.4 is 10.4 Å². The van der Waals surface area contributed by atoms with Crippen LogP contribution >= 0.6 is 0 Å². The summed E-state index contributed by atoms with van der Waals surface area (Å²) >= 11 is 0. The van der Waals surface area contributed by atoms with Gasteiger partial charge in [-0.15, -0.1) is 5.12 Å². The fourth-order valence-electron chi connectivity index (χ4n) is 4.83. The van der Waals surface area contributed by atoms with Gasteiger partial charge in [0, 0.05) is 23.5 Å². The Balaban J connectivity index is 1.45. The number of nitrogens with one attached hydrogen (secondary N) is 1. The van der Waals surface area contributed by atoms with Crippen LogP contribution in [-0.4, -0.2) is 27.2 Å². The minimum Gasteiger partial charge on any atom is -0.303 e. The fourth-order valence-corrected chi connectivity index (χ4v) is 4.83. The van der Waals surface area contributed by atoms with Crippen LogP contribution in [0.4, 0.5) is 11.5 Å². The Bertz CT molecular complexity index is 1450. The lowest BCUT2D eigenvalue weighted by molar-refractivity contribution is -0.107. The van der Waals surface area contributed by atoms with Gasteiger partial charge in [-0.1, -0.05) is 48.5 Å². The van der Waals surface area contributed by atoms with Crippen LogP contribution in [0.15, 0.2) is 79.1 Å². The molecule has 0 aliphatic carbocycles. The number of carbonyl (C=O) groups is 2. The van der Waals surface area contributed by atoms with Crippen molar-refractivity contribution < 1.29 is 9.59 Å². The zero-order valence-corrected chi connectivity index (χ0v) is 19.2. The van der Waals surface area contributed by atoms with Crippen molar-refractivity contribution in [3.8, 4) is 11.1 Å². The highest BCUT2D eigenvalue weighted by Crippen LogP contribution is 2.54. The first kappa shape index (κ1) is 21.2. The minimum absolute atomic E-state index is 0.0110. The summed E-state index contributed by atoms with van der Waals surface area (Å²) in [7, 11) is 0. The van der Waals surface area contributed by atoms with Crippen LogP contribution in [-0.2, 0) is 11.2 Å². The number of anilines is 2. The summed E-state index contributed by atoms with van der Waals surface area (Å²) in [6, 6.07) is 22.5. The highest BCUT2D eigenvalue weighted by Gasteiger charge is 2.55. The molecule has 7 heteroatoms. The van der Waals surface area contributed by atoms with Crippen LogP contribution in [0.2, 0.25) is 0 Å². The molecule has 0 saturated carbocycles. The van der Waals surface area contributed by atoms with Gasteiger partial charge >= 0.3 is 0 Å². The third-order valence-electron chi connectivity index (χ3n) is 6.53. The van der Waals surface area contributed by atoms with E-state index in [0.717, 1.165) is 34.6 Å². The number of nitrogens with zero attached hydrogens (tertiary/aromatic N) is 4. The van der Waals surface area contributed by atoms with E-state index >= 15 is 0 Å². The van der Waals surface area contributed by atoms with Crippen molar-refractivity contribution in [2.75, 3.05) is 10.4 Å². The second-order valence-corrected chi connectivity index (χ2v) is 8.77. The molecule has 2 unspecified atom stereocenters. The number of hydrogen-bond acceptors (Lipinski definition) is 7. The van der Waals surface area contributed by atoms with E-state index in [0.29, 0.717) is 12.0 Å². The summed E-state index contributed by atoms with van der Waals surface area (Å²) in [5.74, 6) is 0.635. The molecule has 0 spiro atoms. The number of pyridine rings is 2. The smallest absolute Gasteiger partial charge is 0.188 e. The molecule has 172 valence electrons. The molecule has 4 aromatic rings. The van der Waals surface area contributed by atoms with E-state index in [-0.39, 0.29) is 18.4 Å². The van der Waals surface area contributed by atoms with Gasteiger partial charge in [-0.05, 0) is 53.8 Å². The lowest BCUT2D eigenvalue weighted by atomic mass is 9.90. The van der Waals surface area contributed by atoms with Crippen molar-refractivity contribution in [3.05, 3.63) is 107 Å². The molecule has 0 radical (unpaired) electrons. The van der Waals surface area contributed by atoms with Crippen LogP contribution in [0, 0.1) is 6.92 Å². The van der Waals surface area contributed by atoms with Crippen molar-refractivity contribution in [1.82, 2.24) is 15.1 Å². The maximum atomic E-state index is 12.2. The monoisotopic (exact) mass is 461 g/mol. The normalized spacial score (nSPS) is 17.3. The van der Waals surface area contributed by atoms with Gasteiger partial charge in [0.25, 0.3) is 0 Å². The van der Waals surface area contributed by atoms with Crippen LogP contribution in [0.5, 0.6) is 0 Å². The number of hydrogen-bond donors (Lipinski definition) is 1. The predicted octanol–water partition coefficient (Wildman–Crippen LogP) is 4.89. The highest BCUT2D eigenvalue weighted by atomic mass is 16.1. The number of benzene rings is 2. The van der Waals surface area contributed by atoms with Gasteiger partial charge in [0.1, 0.15) is 12.0 Å². The molecule has 7 nitrogen and oxygen atoms in total. The zero-order valence-electron chi connectivity index (χ0n) is 19.2. The Morgan fingerprint density at radius 1 is 1.03 bits per heavy atom.